The second-order valence-electron chi connectivity index (χ2n) is 26.1. The highest BCUT2D eigenvalue weighted by atomic mass is 32.2. The minimum atomic E-state index is -3.08. The highest BCUT2D eigenvalue weighted by Crippen LogP contribution is 2.41. The van der Waals surface area contributed by atoms with Crippen molar-refractivity contribution >= 4 is 39.4 Å². The number of sulfone groups is 1. The summed E-state index contributed by atoms with van der Waals surface area (Å²) < 4.78 is 95.5. The maximum Gasteiger partial charge on any atom is 0.408 e. The van der Waals surface area contributed by atoms with Gasteiger partial charge in [0.15, 0.2) is 40.1 Å². The number of nitrogens with one attached hydrogen (secondary N) is 2. The molecule has 5 saturated heterocycles. The molecule has 1 aromatic rings. The fraction of sp³-hybridized carbons (Fsp3) is 0.825. The van der Waals surface area contributed by atoms with Crippen molar-refractivity contribution < 1.29 is 94.8 Å². The zero-order valence-corrected chi connectivity index (χ0v) is 55.5. The number of carbonyl (C=O) groups is 4. The van der Waals surface area contributed by atoms with Crippen LogP contribution in [-0.2, 0) is 87.7 Å². The van der Waals surface area contributed by atoms with E-state index in [0.29, 0.717) is 32.5 Å². The van der Waals surface area contributed by atoms with E-state index in [1.807, 2.05) is 65.0 Å². The molecule has 0 radical (unpaired) electrons. The molecule has 23 atom stereocenters. The van der Waals surface area contributed by atoms with Crippen LogP contribution in [0.2, 0.25) is 0 Å². The molecule has 2 unspecified atom stereocenters. The maximum atomic E-state index is 16.0. The molecular weight excluding hydrogens is 1160 g/mol. The van der Waals surface area contributed by atoms with Crippen molar-refractivity contribution in [1.29, 1.82) is 0 Å². The minimum Gasteiger partial charge on any atom is -0.461 e. The first-order valence-electron chi connectivity index (χ1n) is 31.5. The third kappa shape index (κ3) is 19.5. The van der Waals surface area contributed by atoms with Crippen molar-refractivity contribution in [2.75, 3.05) is 59.1 Å². The lowest BCUT2D eigenvalue weighted by atomic mass is 9.74. The highest BCUT2D eigenvalue weighted by molar-refractivity contribution is 7.91. The van der Waals surface area contributed by atoms with E-state index in [2.05, 4.69) is 27.6 Å². The van der Waals surface area contributed by atoms with Gasteiger partial charge in [0.2, 0.25) is 0 Å². The Balaban J connectivity index is 1.47. The number of hydrogen-bond acceptors (Lipinski definition) is 23. The van der Waals surface area contributed by atoms with Crippen LogP contribution in [0, 0.1) is 41.4 Å². The Kier molecular flexibility index (Phi) is 27.5. The second-order valence-corrected chi connectivity index (χ2v) is 28.3. The van der Waals surface area contributed by atoms with E-state index in [4.69, 9.17) is 56.9 Å². The summed E-state index contributed by atoms with van der Waals surface area (Å²) in [7, 11) is 1.19. The molecule has 1 aromatic carbocycles. The summed E-state index contributed by atoms with van der Waals surface area (Å²) in [6, 6.07) is 8.93. The molecule has 0 aromatic heterocycles. The molecule has 4 N–H and O–H groups in total. The van der Waals surface area contributed by atoms with E-state index in [1.165, 1.54) is 28.3 Å². The Hall–Kier alpha value is -3.96. The molecule has 502 valence electrons. The molecule has 6 rings (SSSR count). The Morgan fingerprint density at radius 1 is 0.841 bits per heavy atom. The van der Waals surface area contributed by atoms with Crippen LogP contribution in [0.25, 0.3) is 0 Å². The quantitative estimate of drug-likeness (QED) is 0.0685. The monoisotopic (exact) mass is 1270 g/mol. The van der Waals surface area contributed by atoms with E-state index in [0.717, 1.165) is 5.56 Å². The van der Waals surface area contributed by atoms with E-state index < -0.39 is 155 Å². The first kappa shape index (κ1) is 73.1. The topological polar surface area (TPSA) is 293 Å². The van der Waals surface area contributed by atoms with E-state index in [-0.39, 0.29) is 73.7 Å². The van der Waals surface area contributed by atoms with Crippen LogP contribution in [-0.4, -0.2) is 216 Å². The van der Waals surface area contributed by atoms with Crippen LogP contribution in [0.4, 0.5) is 4.79 Å². The molecule has 1 amide bonds. The normalized spacial score (nSPS) is 39.0. The van der Waals surface area contributed by atoms with Crippen LogP contribution >= 0.6 is 0 Å². The van der Waals surface area contributed by atoms with Gasteiger partial charge in [-0.3, -0.25) is 19.3 Å². The molecule has 25 heteroatoms. The second kappa shape index (κ2) is 33.1. The number of oxime groups is 1. The van der Waals surface area contributed by atoms with Crippen molar-refractivity contribution in [3.63, 3.8) is 0 Å². The van der Waals surface area contributed by atoms with Crippen molar-refractivity contribution in [1.82, 2.24) is 15.5 Å². The van der Waals surface area contributed by atoms with Crippen LogP contribution < -0.4 is 10.6 Å². The average Bonchev–Trinajstić information content (AvgIpc) is 1.15. The Labute approximate surface area is 521 Å². The summed E-state index contributed by atoms with van der Waals surface area (Å²) >= 11 is 0. The van der Waals surface area contributed by atoms with Gasteiger partial charge in [-0.05, 0) is 71.8 Å². The molecule has 0 bridgehead atoms. The molecule has 5 fully saturated rings. The third-order valence-electron chi connectivity index (χ3n) is 18.1. The number of benzene rings is 1. The first-order valence-corrected chi connectivity index (χ1v) is 33.3. The van der Waals surface area contributed by atoms with Gasteiger partial charge in [-0.1, -0.05) is 84.0 Å². The van der Waals surface area contributed by atoms with Crippen molar-refractivity contribution in [2.24, 2.45) is 46.6 Å². The predicted molar refractivity (Wildman–Crippen MR) is 324 cm³/mol. The van der Waals surface area contributed by atoms with Gasteiger partial charge in [-0.15, -0.1) is 0 Å². The van der Waals surface area contributed by atoms with Crippen molar-refractivity contribution in [3.05, 3.63) is 35.9 Å². The number of hydrogen-bond donors (Lipinski definition) is 4. The van der Waals surface area contributed by atoms with E-state index in [9.17, 15) is 28.2 Å². The van der Waals surface area contributed by atoms with Gasteiger partial charge >= 0.3 is 18.0 Å². The summed E-state index contributed by atoms with van der Waals surface area (Å²) in [4.78, 5) is 67.4. The van der Waals surface area contributed by atoms with Gasteiger partial charge in [-0.2, -0.15) is 0 Å². The van der Waals surface area contributed by atoms with Crippen LogP contribution in [0.15, 0.2) is 35.5 Å². The molecule has 0 aliphatic carbocycles. The Morgan fingerprint density at radius 2 is 1.53 bits per heavy atom. The van der Waals surface area contributed by atoms with Gasteiger partial charge in [-0.25, -0.2) is 13.2 Å². The standard InChI is InChI=1S/C63H104N4O20S/c1-34(2)26-48(68)83-54-41(9)53(36(4)32-79-61-57(77-15)56(76-14)50(69)44(12)82-61)85-59(72)43(11)55(84-49-27-37(5)67(31-39(7)80-49)24-23-64-46-22-25-88(74,75)33-46)40(8)52(86-60-51(70)47(66-78-16)28-38(6)81-60)35(3)29-63(13,58(71)42(54)10)87-62(73)65-30-45-20-18-17-19-21-45/h17-21,34-44,46,49-57,60-61,64,69-70H,22-33H2,1-16H3,(H,65,73)/t35-,36-,37?,38+,39-,40+,41-,42+,43+,44+,46?,49-,50+,51+,52-,53+,54+,55-,56+,57+,60-,61+,63-/m0/s1. The molecule has 5 aliphatic rings. The Morgan fingerprint density at radius 3 is 2.17 bits per heavy atom. The zero-order valence-electron chi connectivity index (χ0n) is 54.7. The number of cyclic esters (lactones) is 1. The third-order valence-corrected chi connectivity index (χ3v) is 19.9. The molecule has 24 nitrogen and oxygen atoms in total. The molecule has 0 spiro atoms. The van der Waals surface area contributed by atoms with Crippen LogP contribution in [0.1, 0.15) is 128 Å². The van der Waals surface area contributed by atoms with Gasteiger partial charge in [0.05, 0.1) is 66.2 Å². The van der Waals surface area contributed by atoms with E-state index in [1.54, 1.807) is 41.5 Å². The smallest absolute Gasteiger partial charge is 0.408 e. The molecular formula is C63H104N4O20S. The number of esters is 2. The lowest BCUT2D eigenvalue weighted by molar-refractivity contribution is -0.305. The first-order chi connectivity index (χ1) is 41.5. The summed E-state index contributed by atoms with van der Waals surface area (Å²) in [5.74, 6) is -7.50. The predicted octanol–water partition coefficient (Wildman–Crippen LogP) is 5.35. The zero-order chi connectivity index (χ0) is 64.9. The van der Waals surface area contributed by atoms with E-state index >= 15 is 9.59 Å². The van der Waals surface area contributed by atoms with Crippen LogP contribution in [0.3, 0.4) is 0 Å². The van der Waals surface area contributed by atoms with Crippen molar-refractivity contribution in [2.45, 2.75) is 232 Å². The molecule has 0 saturated carbocycles. The van der Waals surface area contributed by atoms with Crippen LogP contribution in [0.5, 0.6) is 0 Å². The summed E-state index contributed by atoms with van der Waals surface area (Å²) in [5, 5.41) is 33.3. The van der Waals surface area contributed by atoms with Gasteiger partial charge < -0.3 is 77.8 Å². The SMILES string of the molecule is CON=C1C[C@@H](C)O[C@@H](O[C@@H]2[C@@H](C)[C@H](O[C@H]3CC(C)N(CCNC4CCS(=O)(=O)C4)C[C@H](C)O3)[C@@H](C)C(=O)O[C@H]([C@@H](C)CO[C@@H]3O[C@H](C)[C@@H](O)[C@@H](OC)[C@H]3OC)[C@H](C)[C@@H](OC(=O)CC(C)C)[C@@H](C)C(=O)[C@@](C)(OC(=O)NCc3ccccc3)C[C@@H]2C)[C@@H]1O. The summed E-state index contributed by atoms with van der Waals surface area (Å²) in [6.45, 7) is 24.8. The number of ether oxygens (including phenoxy) is 11. The number of aliphatic hydroxyl groups is 2. The largest absolute Gasteiger partial charge is 0.461 e. The maximum absolute atomic E-state index is 16.0. The number of Topliss-reactive ketones (excluding diaryl/α,β-unsaturated/α-hetero) is 1. The average molecular weight is 1270 g/mol. The number of ketones is 1. The summed E-state index contributed by atoms with van der Waals surface area (Å²) in [6.07, 6.45) is -13.8. The number of rotatable bonds is 21. The fourth-order valence-electron chi connectivity index (χ4n) is 13.3. The molecule has 5 aliphatic heterocycles. The van der Waals surface area contributed by atoms with Gasteiger partial charge in [0, 0.05) is 89.5 Å². The lowest BCUT2D eigenvalue weighted by Gasteiger charge is -2.45. The van der Waals surface area contributed by atoms with Gasteiger partial charge in [0.1, 0.15) is 43.7 Å². The molecule has 5 heterocycles. The number of nitrogens with zero attached hydrogens (tertiary/aromatic N) is 2. The highest BCUT2D eigenvalue weighted by Gasteiger charge is 2.53. The number of carbonyl (C=O) groups excluding carboxylic acids is 4. The number of amides is 1. The minimum absolute atomic E-state index is 0.0124. The number of alkyl carbamates (subject to hydrolysis) is 1. The van der Waals surface area contributed by atoms with Crippen molar-refractivity contribution in [3.8, 4) is 0 Å². The lowest BCUT2D eigenvalue weighted by Crippen LogP contribution is -2.59. The number of methoxy groups -OCH3 is 2. The number of aliphatic hydroxyl groups excluding tert-OH is 2. The Bertz CT molecular complexity index is 2530. The van der Waals surface area contributed by atoms with Gasteiger partial charge in [0.25, 0.3) is 0 Å². The fourth-order valence-corrected chi connectivity index (χ4v) is 15.0. The molecule has 88 heavy (non-hydrogen) atoms. The summed E-state index contributed by atoms with van der Waals surface area (Å²) in [5.41, 5.74) is -0.956.